The molecule has 0 saturated carbocycles. The zero-order valence-corrected chi connectivity index (χ0v) is 19.1. The molecule has 0 bridgehead atoms. The molecule has 2 heterocycles. The van der Waals surface area contributed by atoms with E-state index in [1.54, 1.807) is 22.8 Å². The Morgan fingerprint density at radius 1 is 0.969 bits per heavy atom. The van der Waals surface area contributed by atoms with Crippen LogP contribution in [0.2, 0.25) is 0 Å². The smallest absolute Gasteiger partial charge is 0.279 e. The van der Waals surface area contributed by atoms with Crippen LogP contribution >= 0.6 is 11.3 Å². The summed E-state index contributed by atoms with van der Waals surface area (Å²) in [5.74, 6) is -0.352. The largest absolute Gasteiger partial charge is 0.337 e. The molecule has 5 rings (SSSR count). The normalized spacial score (nSPS) is 13.8. The molecule has 1 aliphatic rings. The van der Waals surface area contributed by atoms with Crippen molar-refractivity contribution in [3.8, 4) is 5.69 Å². The van der Waals surface area contributed by atoms with E-state index in [0.29, 0.717) is 21.5 Å². The molecule has 0 amide bonds. The Kier molecular flexibility index (Phi) is 5.33. The predicted octanol–water partition coefficient (Wildman–Crippen LogP) is 5.29. The first-order valence-corrected chi connectivity index (χ1v) is 11.9. The zero-order valence-electron chi connectivity index (χ0n) is 18.3. The first kappa shape index (κ1) is 20.9. The highest BCUT2D eigenvalue weighted by molar-refractivity contribution is 7.18. The number of nitrogens with zero attached hydrogens (tertiary/aromatic N) is 2. The molecular weight excluding hydrogens is 423 g/mol. The van der Waals surface area contributed by atoms with Crippen LogP contribution < -0.4 is 11.2 Å². The number of hydrogen-bond acceptors (Lipinski definition) is 3. The van der Waals surface area contributed by atoms with Gasteiger partial charge in [-0.25, -0.2) is 13.8 Å². The van der Waals surface area contributed by atoms with Gasteiger partial charge in [0.2, 0.25) is 0 Å². The average molecular weight is 449 g/mol. The Morgan fingerprint density at radius 3 is 2.53 bits per heavy atom. The third-order valence-corrected chi connectivity index (χ3v) is 7.84. The van der Waals surface area contributed by atoms with E-state index in [1.807, 2.05) is 32.0 Å². The molecule has 6 heteroatoms. The lowest BCUT2D eigenvalue weighted by molar-refractivity contribution is 0.595. The number of hydrogen-bond donors (Lipinski definition) is 0. The maximum absolute atomic E-state index is 14.5. The monoisotopic (exact) mass is 448 g/mol. The van der Waals surface area contributed by atoms with Crippen molar-refractivity contribution in [3.63, 3.8) is 0 Å². The van der Waals surface area contributed by atoms with Gasteiger partial charge in [0.1, 0.15) is 10.6 Å². The number of halogens is 1. The third-order valence-electron chi connectivity index (χ3n) is 6.52. The number of fused-ring (bicyclic) bond motifs is 3. The van der Waals surface area contributed by atoms with E-state index in [0.717, 1.165) is 48.8 Å². The summed E-state index contributed by atoms with van der Waals surface area (Å²) < 4.78 is 17.4. The van der Waals surface area contributed by atoms with Crippen molar-refractivity contribution in [2.45, 2.75) is 52.5 Å². The van der Waals surface area contributed by atoms with Gasteiger partial charge >= 0.3 is 5.69 Å². The van der Waals surface area contributed by atoms with Gasteiger partial charge in [0.25, 0.3) is 5.56 Å². The summed E-state index contributed by atoms with van der Waals surface area (Å²) in [6, 6.07) is 12.1. The highest BCUT2D eigenvalue weighted by Gasteiger charge is 2.24. The van der Waals surface area contributed by atoms with Gasteiger partial charge in [-0.3, -0.25) is 9.36 Å². The molecule has 0 atom stereocenters. The number of aromatic nitrogens is 2. The van der Waals surface area contributed by atoms with E-state index in [-0.39, 0.29) is 17.9 Å². The molecule has 0 N–H and O–H groups in total. The van der Waals surface area contributed by atoms with Crippen LogP contribution in [-0.4, -0.2) is 9.13 Å². The number of thiophene rings is 1. The summed E-state index contributed by atoms with van der Waals surface area (Å²) in [6.45, 7) is 4.06. The first-order valence-electron chi connectivity index (χ1n) is 11.1. The summed E-state index contributed by atoms with van der Waals surface area (Å²) in [7, 11) is 0. The summed E-state index contributed by atoms with van der Waals surface area (Å²) in [5, 5.41) is 0.626. The molecule has 0 fully saturated rings. The molecule has 4 nitrogen and oxygen atoms in total. The molecule has 4 aromatic rings. The van der Waals surface area contributed by atoms with Crippen LogP contribution in [-0.2, 0) is 19.4 Å². The van der Waals surface area contributed by atoms with Crippen molar-refractivity contribution in [1.82, 2.24) is 9.13 Å². The van der Waals surface area contributed by atoms with Gasteiger partial charge in [-0.2, -0.15) is 0 Å². The van der Waals surface area contributed by atoms with Crippen LogP contribution in [0.3, 0.4) is 0 Å². The van der Waals surface area contributed by atoms with Crippen molar-refractivity contribution in [2.75, 3.05) is 0 Å². The van der Waals surface area contributed by atoms with Gasteiger partial charge in [-0.15, -0.1) is 11.3 Å². The van der Waals surface area contributed by atoms with Gasteiger partial charge < -0.3 is 0 Å². The van der Waals surface area contributed by atoms with Crippen LogP contribution in [0.15, 0.2) is 52.1 Å². The molecular formula is C26H25FN2O2S. The molecule has 0 spiro atoms. The topological polar surface area (TPSA) is 44.0 Å². The van der Waals surface area contributed by atoms with E-state index in [2.05, 4.69) is 0 Å². The quantitative estimate of drug-likeness (QED) is 0.400. The van der Waals surface area contributed by atoms with E-state index in [9.17, 15) is 14.0 Å². The van der Waals surface area contributed by atoms with E-state index in [1.165, 1.54) is 26.8 Å². The van der Waals surface area contributed by atoms with Gasteiger partial charge in [0.05, 0.1) is 17.6 Å². The number of aryl methyl sites for hydroxylation is 4. The lowest BCUT2D eigenvalue weighted by Crippen LogP contribution is -2.39. The summed E-state index contributed by atoms with van der Waals surface area (Å²) in [6.07, 6.45) is 5.03. The van der Waals surface area contributed by atoms with Gasteiger partial charge in [-0.1, -0.05) is 30.7 Å². The minimum atomic E-state index is -0.426. The fourth-order valence-electron chi connectivity index (χ4n) is 4.57. The van der Waals surface area contributed by atoms with Crippen molar-refractivity contribution in [2.24, 2.45) is 0 Å². The molecule has 0 aliphatic heterocycles. The second-order valence-corrected chi connectivity index (χ2v) is 9.70. The third kappa shape index (κ3) is 3.43. The number of rotatable bonds is 3. The van der Waals surface area contributed by atoms with Gasteiger partial charge in [0.15, 0.2) is 0 Å². The molecule has 1 aliphatic carbocycles. The second kappa shape index (κ2) is 8.17. The maximum atomic E-state index is 14.5. The van der Waals surface area contributed by atoms with Gasteiger partial charge in [0, 0.05) is 10.4 Å². The highest BCUT2D eigenvalue weighted by Crippen LogP contribution is 2.34. The Balaban J connectivity index is 1.85. The Labute approximate surface area is 189 Å². The van der Waals surface area contributed by atoms with Crippen LogP contribution in [0.5, 0.6) is 0 Å². The first-order chi connectivity index (χ1) is 15.5. The molecule has 0 saturated heterocycles. The van der Waals surface area contributed by atoms with Crippen LogP contribution in [0.25, 0.3) is 15.9 Å². The lowest BCUT2D eigenvalue weighted by Gasteiger charge is -2.14. The molecule has 2 aromatic carbocycles. The van der Waals surface area contributed by atoms with Crippen LogP contribution in [0.1, 0.15) is 46.4 Å². The second-order valence-electron chi connectivity index (χ2n) is 8.61. The minimum Gasteiger partial charge on any atom is -0.279 e. The fourth-order valence-corrected chi connectivity index (χ4v) is 5.95. The lowest BCUT2D eigenvalue weighted by atomic mass is 10.1. The highest BCUT2D eigenvalue weighted by atomic mass is 32.1. The van der Waals surface area contributed by atoms with Crippen LogP contribution in [0.4, 0.5) is 4.39 Å². The maximum Gasteiger partial charge on any atom is 0.337 e. The Bertz CT molecular complexity index is 1460. The summed E-state index contributed by atoms with van der Waals surface area (Å²) in [4.78, 5) is 29.3. The van der Waals surface area contributed by atoms with Gasteiger partial charge in [-0.05, 0) is 74.4 Å². The Hall–Kier alpha value is -2.99. The standard InChI is InChI=1S/C26H25FN2O2S/c1-16-12-13-19(14-17(16)2)29-24(30)23-20-9-4-3-5-11-22(20)32-25(23)28(26(29)31)15-18-8-6-7-10-21(18)27/h6-8,10,12-14H,3-5,9,11,15H2,1-2H3. The zero-order chi connectivity index (χ0) is 22.4. The van der Waals surface area contributed by atoms with E-state index < -0.39 is 5.69 Å². The van der Waals surface area contributed by atoms with E-state index in [4.69, 9.17) is 0 Å². The molecule has 164 valence electrons. The predicted molar refractivity (Wildman–Crippen MR) is 128 cm³/mol. The summed E-state index contributed by atoms with van der Waals surface area (Å²) >= 11 is 1.53. The minimum absolute atomic E-state index is 0.0898. The Morgan fingerprint density at radius 2 is 1.75 bits per heavy atom. The fraction of sp³-hybridized carbons (Fsp3) is 0.308. The summed E-state index contributed by atoms with van der Waals surface area (Å²) in [5.41, 5.74) is 3.48. The molecule has 0 radical (unpaired) electrons. The number of benzene rings is 2. The van der Waals surface area contributed by atoms with Crippen molar-refractivity contribution in [3.05, 3.63) is 96.3 Å². The average Bonchev–Trinajstić information content (AvgIpc) is 2.97. The van der Waals surface area contributed by atoms with Crippen molar-refractivity contribution in [1.29, 1.82) is 0 Å². The molecule has 2 aromatic heterocycles. The molecule has 32 heavy (non-hydrogen) atoms. The van der Waals surface area contributed by atoms with E-state index >= 15 is 0 Å². The van der Waals surface area contributed by atoms with Crippen molar-refractivity contribution < 1.29 is 4.39 Å². The SMILES string of the molecule is Cc1ccc(-n2c(=O)c3c4c(sc3n(Cc3ccccc3F)c2=O)CCCCC4)cc1C. The molecule has 0 unspecified atom stereocenters. The van der Waals surface area contributed by atoms with Crippen molar-refractivity contribution >= 4 is 21.6 Å². The van der Waals surface area contributed by atoms with Crippen LogP contribution in [0, 0.1) is 19.7 Å².